The van der Waals surface area contributed by atoms with Crippen LogP contribution in [0, 0.1) is 0 Å². The highest BCUT2D eigenvalue weighted by Gasteiger charge is 2.30. The highest BCUT2D eigenvalue weighted by Crippen LogP contribution is 2.27. The van der Waals surface area contributed by atoms with Crippen LogP contribution in [0.4, 0.5) is 11.4 Å². The highest BCUT2D eigenvalue weighted by molar-refractivity contribution is 5.95. The van der Waals surface area contributed by atoms with Crippen molar-refractivity contribution in [3.63, 3.8) is 0 Å². The molecule has 1 heterocycles. The number of nitrogens with one attached hydrogen (secondary N) is 1. The second kappa shape index (κ2) is 9.46. The summed E-state index contributed by atoms with van der Waals surface area (Å²) >= 11 is 0. The molecule has 3 aromatic rings. The predicted molar refractivity (Wildman–Crippen MR) is 121 cm³/mol. The topological polar surface area (TPSA) is 44.8 Å². The van der Waals surface area contributed by atoms with Gasteiger partial charge in [-0.3, -0.25) is 9.69 Å². The third-order valence-corrected chi connectivity index (χ3v) is 5.50. The van der Waals surface area contributed by atoms with Crippen LogP contribution in [0.5, 0.6) is 5.75 Å². The Bertz CT molecular complexity index is 954. The van der Waals surface area contributed by atoms with E-state index in [-0.39, 0.29) is 11.9 Å². The van der Waals surface area contributed by atoms with Crippen molar-refractivity contribution in [3.05, 3.63) is 90.5 Å². The lowest BCUT2D eigenvalue weighted by Crippen LogP contribution is -2.50. The van der Waals surface area contributed by atoms with Crippen molar-refractivity contribution >= 4 is 17.3 Å². The van der Waals surface area contributed by atoms with Crippen molar-refractivity contribution in [2.75, 3.05) is 43.5 Å². The number of amides is 1. The number of benzene rings is 3. The van der Waals surface area contributed by atoms with Crippen molar-refractivity contribution in [1.29, 1.82) is 0 Å². The molecular weight excluding hydrogens is 374 g/mol. The summed E-state index contributed by atoms with van der Waals surface area (Å²) in [6, 6.07) is 27.5. The smallest absolute Gasteiger partial charge is 0.246 e. The van der Waals surface area contributed by atoms with Crippen molar-refractivity contribution in [2.24, 2.45) is 0 Å². The fourth-order valence-electron chi connectivity index (χ4n) is 3.94. The fourth-order valence-corrected chi connectivity index (χ4v) is 3.94. The molecule has 1 saturated heterocycles. The normalized spacial score (nSPS) is 15.4. The van der Waals surface area contributed by atoms with Gasteiger partial charge in [-0.2, -0.15) is 0 Å². The molecule has 0 spiro atoms. The molecule has 0 aliphatic carbocycles. The minimum Gasteiger partial charge on any atom is -0.497 e. The van der Waals surface area contributed by atoms with E-state index in [0.717, 1.165) is 48.9 Å². The summed E-state index contributed by atoms with van der Waals surface area (Å²) in [7, 11) is 1.69. The van der Waals surface area contributed by atoms with Crippen LogP contribution in [0.15, 0.2) is 84.9 Å². The van der Waals surface area contributed by atoms with Gasteiger partial charge in [-0.05, 0) is 29.8 Å². The molecule has 1 atom stereocenters. The van der Waals surface area contributed by atoms with Crippen LogP contribution in [0.3, 0.4) is 0 Å². The molecule has 5 heteroatoms. The van der Waals surface area contributed by atoms with Gasteiger partial charge in [0.25, 0.3) is 0 Å². The molecular formula is C25H27N3O2. The maximum Gasteiger partial charge on any atom is 0.246 e. The highest BCUT2D eigenvalue weighted by atomic mass is 16.5. The molecule has 0 aromatic heterocycles. The molecule has 3 aromatic carbocycles. The first-order valence-electron chi connectivity index (χ1n) is 10.3. The lowest BCUT2D eigenvalue weighted by molar-refractivity contribution is -0.121. The minimum atomic E-state index is -0.320. The average molecular weight is 402 g/mol. The molecule has 0 bridgehead atoms. The number of ether oxygens (including phenoxy) is 1. The number of methoxy groups -OCH3 is 1. The summed E-state index contributed by atoms with van der Waals surface area (Å²) in [5.74, 6) is 0.863. The maximum atomic E-state index is 13.3. The van der Waals surface area contributed by atoms with Gasteiger partial charge in [-0.25, -0.2) is 0 Å². The van der Waals surface area contributed by atoms with E-state index in [1.165, 1.54) is 0 Å². The van der Waals surface area contributed by atoms with E-state index in [1.807, 2.05) is 72.8 Å². The Labute approximate surface area is 177 Å². The Balaban J connectivity index is 1.50. The van der Waals surface area contributed by atoms with E-state index in [2.05, 4.69) is 27.2 Å². The number of carbonyl (C=O) groups excluding carboxylic acids is 1. The molecule has 1 aliphatic heterocycles. The van der Waals surface area contributed by atoms with Gasteiger partial charge in [0.2, 0.25) is 5.91 Å². The molecule has 1 aliphatic rings. The van der Waals surface area contributed by atoms with Gasteiger partial charge in [0.1, 0.15) is 11.8 Å². The maximum absolute atomic E-state index is 13.3. The molecule has 1 N–H and O–H groups in total. The Kier molecular flexibility index (Phi) is 6.30. The first kappa shape index (κ1) is 20.0. The van der Waals surface area contributed by atoms with Crippen molar-refractivity contribution in [3.8, 4) is 5.75 Å². The summed E-state index contributed by atoms with van der Waals surface area (Å²) in [6.45, 7) is 3.32. The van der Waals surface area contributed by atoms with Crippen LogP contribution >= 0.6 is 0 Å². The van der Waals surface area contributed by atoms with Crippen LogP contribution in [0.1, 0.15) is 11.6 Å². The van der Waals surface area contributed by atoms with Crippen LogP contribution in [0.2, 0.25) is 0 Å². The number of anilines is 2. The van der Waals surface area contributed by atoms with E-state index in [0.29, 0.717) is 0 Å². The molecule has 30 heavy (non-hydrogen) atoms. The van der Waals surface area contributed by atoms with E-state index in [4.69, 9.17) is 4.74 Å². The van der Waals surface area contributed by atoms with E-state index in [1.54, 1.807) is 7.11 Å². The summed E-state index contributed by atoms with van der Waals surface area (Å²) in [5, 5.41) is 3.09. The minimum absolute atomic E-state index is 0.00207. The fraction of sp³-hybridized carbons (Fsp3) is 0.240. The van der Waals surface area contributed by atoms with Gasteiger partial charge in [-0.15, -0.1) is 0 Å². The van der Waals surface area contributed by atoms with Crippen LogP contribution < -0.4 is 15.0 Å². The number of piperazine rings is 1. The summed E-state index contributed by atoms with van der Waals surface area (Å²) in [5.41, 5.74) is 2.98. The third-order valence-electron chi connectivity index (χ3n) is 5.50. The van der Waals surface area contributed by atoms with Crippen LogP contribution in [0.25, 0.3) is 0 Å². The number of carbonyl (C=O) groups is 1. The number of para-hydroxylation sites is 1. The summed E-state index contributed by atoms with van der Waals surface area (Å²) in [6.07, 6.45) is 0. The zero-order valence-corrected chi connectivity index (χ0v) is 17.2. The molecule has 4 rings (SSSR count). The average Bonchev–Trinajstić information content (AvgIpc) is 2.81. The van der Waals surface area contributed by atoms with Gasteiger partial charge >= 0.3 is 0 Å². The van der Waals surface area contributed by atoms with Gasteiger partial charge in [0.15, 0.2) is 0 Å². The molecule has 1 fully saturated rings. The zero-order chi connectivity index (χ0) is 20.8. The Morgan fingerprint density at radius 3 is 2.20 bits per heavy atom. The molecule has 1 unspecified atom stereocenters. The molecule has 1 amide bonds. The largest absolute Gasteiger partial charge is 0.497 e. The number of nitrogens with zero attached hydrogens (tertiary/aromatic N) is 2. The second-order valence-electron chi connectivity index (χ2n) is 7.39. The zero-order valence-electron chi connectivity index (χ0n) is 17.2. The van der Waals surface area contributed by atoms with Crippen molar-refractivity contribution < 1.29 is 9.53 Å². The van der Waals surface area contributed by atoms with Crippen LogP contribution in [-0.2, 0) is 4.79 Å². The van der Waals surface area contributed by atoms with E-state index in [9.17, 15) is 4.79 Å². The van der Waals surface area contributed by atoms with Gasteiger partial charge in [0, 0.05) is 43.6 Å². The number of hydrogen-bond donors (Lipinski definition) is 1. The summed E-state index contributed by atoms with van der Waals surface area (Å²) in [4.78, 5) is 17.9. The van der Waals surface area contributed by atoms with Crippen molar-refractivity contribution in [1.82, 2.24) is 4.90 Å². The van der Waals surface area contributed by atoms with E-state index >= 15 is 0 Å². The Morgan fingerprint density at radius 2 is 1.53 bits per heavy atom. The summed E-state index contributed by atoms with van der Waals surface area (Å²) < 4.78 is 5.36. The monoisotopic (exact) mass is 401 g/mol. The number of rotatable bonds is 6. The van der Waals surface area contributed by atoms with Crippen LogP contribution in [-0.4, -0.2) is 44.1 Å². The first-order chi connectivity index (χ1) is 14.7. The molecule has 0 saturated carbocycles. The number of hydrogen-bond acceptors (Lipinski definition) is 4. The van der Waals surface area contributed by atoms with E-state index < -0.39 is 0 Å². The van der Waals surface area contributed by atoms with Crippen molar-refractivity contribution in [2.45, 2.75) is 6.04 Å². The molecule has 0 radical (unpaired) electrons. The molecule has 5 nitrogen and oxygen atoms in total. The quantitative estimate of drug-likeness (QED) is 0.673. The SMILES string of the molecule is COc1cccc(N2CCN(C(C(=O)Nc3ccccc3)c3ccccc3)CC2)c1. The lowest BCUT2D eigenvalue weighted by Gasteiger charge is -2.39. The van der Waals surface area contributed by atoms with Gasteiger partial charge in [0.05, 0.1) is 7.11 Å². The molecule has 154 valence electrons. The lowest BCUT2D eigenvalue weighted by atomic mass is 10.0. The Morgan fingerprint density at radius 1 is 0.867 bits per heavy atom. The Hall–Kier alpha value is -3.31. The standard InChI is InChI=1S/C25H27N3O2/c1-30-23-14-8-13-22(19-23)27-15-17-28(18-16-27)24(20-9-4-2-5-10-20)25(29)26-21-11-6-3-7-12-21/h2-14,19,24H,15-18H2,1H3,(H,26,29). The van der Waals surface area contributed by atoms with Gasteiger partial charge in [-0.1, -0.05) is 54.6 Å². The predicted octanol–water partition coefficient (Wildman–Crippen LogP) is 4.20. The first-order valence-corrected chi connectivity index (χ1v) is 10.3. The van der Waals surface area contributed by atoms with Gasteiger partial charge < -0.3 is 15.0 Å². The third kappa shape index (κ3) is 4.63. The second-order valence-corrected chi connectivity index (χ2v) is 7.39.